The van der Waals surface area contributed by atoms with E-state index in [-0.39, 0.29) is 12.2 Å². The highest BCUT2D eigenvalue weighted by Gasteiger charge is 2.21. The van der Waals surface area contributed by atoms with E-state index >= 15 is 0 Å². The molecule has 224 valence electrons. The minimum Gasteiger partial charge on any atom is -0.483 e. The molecule has 2 N–H and O–H groups in total. The number of aryl methyl sites for hydroxylation is 2. The van der Waals surface area contributed by atoms with E-state index in [2.05, 4.69) is 40.4 Å². The van der Waals surface area contributed by atoms with E-state index in [1.807, 2.05) is 49.0 Å². The van der Waals surface area contributed by atoms with E-state index in [0.29, 0.717) is 24.5 Å². The zero-order valence-corrected chi connectivity index (χ0v) is 23.6. The fourth-order valence-corrected chi connectivity index (χ4v) is 5.09. The summed E-state index contributed by atoms with van der Waals surface area (Å²) in [5, 5.41) is 20.9. The van der Waals surface area contributed by atoms with Crippen LogP contribution in [0.2, 0.25) is 0 Å². The Kier molecular flexibility index (Phi) is 9.10. The average Bonchev–Trinajstić information content (AvgIpc) is 3.61. The highest BCUT2D eigenvalue weighted by atomic mass is 19.3. The second kappa shape index (κ2) is 13.3. The van der Waals surface area contributed by atoms with Crippen molar-refractivity contribution in [2.75, 3.05) is 31.1 Å². The van der Waals surface area contributed by atoms with Crippen molar-refractivity contribution in [3.63, 3.8) is 0 Å². The quantitative estimate of drug-likeness (QED) is 0.256. The number of ether oxygens (including phenoxy) is 1. The van der Waals surface area contributed by atoms with Gasteiger partial charge in [-0.2, -0.15) is 8.78 Å². The lowest BCUT2D eigenvalue weighted by molar-refractivity contribution is -0.122. The van der Waals surface area contributed by atoms with Crippen LogP contribution in [0.25, 0.3) is 16.8 Å². The summed E-state index contributed by atoms with van der Waals surface area (Å²) in [6.45, 7) is 4.83. The second-order valence-electron chi connectivity index (χ2n) is 9.89. The summed E-state index contributed by atoms with van der Waals surface area (Å²) in [4.78, 5) is 26.9. The molecule has 0 unspecified atom stereocenters. The zero-order chi connectivity index (χ0) is 30.3. The number of carbonyl (C=O) groups is 1. The van der Waals surface area contributed by atoms with E-state index in [1.165, 1.54) is 0 Å². The van der Waals surface area contributed by atoms with Gasteiger partial charge in [0.2, 0.25) is 5.95 Å². The number of rotatable bonds is 8. The highest BCUT2D eigenvalue weighted by molar-refractivity contribution is 5.68. The highest BCUT2D eigenvalue weighted by Crippen LogP contribution is 2.29. The number of aromatic amines is 1. The molecule has 1 aliphatic heterocycles. The monoisotopic (exact) mass is 592 g/mol. The molecule has 0 amide bonds. The number of imidazole rings is 1. The van der Waals surface area contributed by atoms with Crippen molar-refractivity contribution in [1.29, 1.82) is 0 Å². The number of alkyl halides is 2. The second-order valence-corrected chi connectivity index (χ2v) is 9.89. The van der Waals surface area contributed by atoms with Crippen LogP contribution in [0.5, 0.6) is 5.75 Å². The Bertz CT molecular complexity index is 1650. The molecule has 5 heterocycles. The first-order valence-electron chi connectivity index (χ1n) is 13.5. The normalized spacial score (nSPS) is 13.7. The first-order valence-corrected chi connectivity index (χ1v) is 13.5. The van der Waals surface area contributed by atoms with Gasteiger partial charge in [-0.1, -0.05) is 18.2 Å². The summed E-state index contributed by atoms with van der Waals surface area (Å²) in [6, 6.07) is 8.87. The van der Waals surface area contributed by atoms with Crippen molar-refractivity contribution in [2.24, 2.45) is 0 Å². The van der Waals surface area contributed by atoms with Crippen LogP contribution in [0, 0.1) is 13.8 Å². The SMILES string of the molecule is Cc1cc2nc(C)c(Cc3ccccc3OC(F)F)n2cc1-c1cnc(N2CCN(Cc3nnn[nH]3)CC2)nc1.O=CO. The van der Waals surface area contributed by atoms with Crippen LogP contribution in [-0.2, 0) is 17.8 Å². The number of carboxylic acid groups (broad SMARTS) is 1. The molecule has 1 saturated heterocycles. The molecule has 1 fully saturated rings. The number of aromatic nitrogens is 8. The van der Waals surface area contributed by atoms with Crippen molar-refractivity contribution >= 4 is 18.1 Å². The number of anilines is 1. The van der Waals surface area contributed by atoms with E-state index in [9.17, 15) is 8.78 Å². The van der Waals surface area contributed by atoms with E-state index in [1.54, 1.807) is 18.2 Å². The van der Waals surface area contributed by atoms with Gasteiger partial charge in [-0.25, -0.2) is 20.1 Å². The van der Waals surface area contributed by atoms with E-state index in [4.69, 9.17) is 19.6 Å². The molecule has 0 spiro atoms. The van der Waals surface area contributed by atoms with Crippen LogP contribution >= 0.6 is 0 Å². The first kappa shape index (κ1) is 29.4. The van der Waals surface area contributed by atoms with Crippen molar-refractivity contribution in [3.05, 3.63) is 77.3 Å². The van der Waals surface area contributed by atoms with E-state index in [0.717, 1.165) is 65.7 Å². The number of fused-ring (bicyclic) bond motifs is 1. The smallest absolute Gasteiger partial charge is 0.387 e. The predicted molar refractivity (Wildman–Crippen MR) is 152 cm³/mol. The average molecular weight is 593 g/mol. The maximum absolute atomic E-state index is 13.0. The Morgan fingerprint density at radius 3 is 2.51 bits per heavy atom. The van der Waals surface area contributed by atoms with Crippen molar-refractivity contribution in [3.8, 4) is 16.9 Å². The molecule has 15 heteroatoms. The minimum absolute atomic E-state index is 0.166. The van der Waals surface area contributed by atoms with Gasteiger partial charge in [0.25, 0.3) is 6.47 Å². The third-order valence-electron chi connectivity index (χ3n) is 7.18. The predicted octanol–water partition coefficient (Wildman–Crippen LogP) is 3.14. The maximum Gasteiger partial charge on any atom is 0.387 e. The van der Waals surface area contributed by atoms with Gasteiger partial charge in [0.05, 0.1) is 12.2 Å². The molecule has 6 rings (SSSR count). The van der Waals surface area contributed by atoms with Crippen LogP contribution in [0.4, 0.5) is 14.7 Å². The largest absolute Gasteiger partial charge is 0.483 e. The maximum atomic E-state index is 13.0. The number of piperazine rings is 1. The fraction of sp³-hybridized carbons (Fsp3) is 0.321. The summed E-state index contributed by atoms with van der Waals surface area (Å²) in [5.74, 6) is 1.61. The lowest BCUT2D eigenvalue weighted by Gasteiger charge is -2.34. The molecular weight excluding hydrogens is 562 g/mol. The number of hydrogen-bond acceptors (Lipinski definition) is 10. The number of benzene rings is 1. The molecule has 43 heavy (non-hydrogen) atoms. The van der Waals surface area contributed by atoms with Gasteiger partial charge in [-0.15, -0.1) is 5.10 Å². The Labute approximate surface area is 245 Å². The molecule has 0 aliphatic carbocycles. The number of H-pyrrole nitrogens is 1. The summed E-state index contributed by atoms with van der Waals surface area (Å²) < 4.78 is 32.7. The third kappa shape index (κ3) is 6.89. The van der Waals surface area contributed by atoms with Crippen LogP contribution < -0.4 is 9.64 Å². The number of hydrogen-bond donors (Lipinski definition) is 2. The number of para-hydroxylation sites is 1. The molecular formula is C28H30F2N10O3. The van der Waals surface area contributed by atoms with Crippen LogP contribution in [-0.4, -0.2) is 89.2 Å². The lowest BCUT2D eigenvalue weighted by Crippen LogP contribution is -2.46. The van der Waals surface area contributed by atoms with Gasteiger partial charge in [-0.05, 0) is 42.0 Å². The van der Waals surface area contributed by atoms with E-state index < -0.39 is 6.61 Å². The molecule has 0 radical (unpaired) electrons. The lowest BCUT2D eigenvalue weighted by atomic mass is 10.1. The van der Waals surface area contributed by atoms with Gasteiger partial charge in [0.1, 0.15) is 11.4 Å². The van der Waals surface area contributed by atoms with Gasteiger partial charge in [0, 0.05) is 73.6 Å². The van der Waals surface area contributed by atoms with Gasteiger partial charge in [0.15, 0.2) is 5.82 Å². The number of halogens is 2. The molecule has 0 atom stereocenters. The molecule has 13 nitrogen and oxygen atoms in total. The standard InChI is InChI=1S/C27H28F2N10O.CH2O2/c1-17-11-25-32-18(2)22(12-19-5-3-4-6-23(19)40-26(28)29)39(25)15-21(17)20-13-30-27(31-14-20)38-9-7-37(8-10-38)16-24-33-35-36-34-24;2-1-3/h3-6,11,13-15,26H,7-10,12,16H2,1-2H3,(H,33,34,35,36);1H,(H,2,3). The van der Waals surface area contributed by atoms with Gasteiger partial charge in [-0.3, -0.25) is 9.69 Å². The molecule has 4 aromatic heterocycles. The van der Waals surface area contributed by atoms with Crippen LogP contribution in [0.15, 0.2) is 48.9 Å². The molecule has 0 bridgehead atoms. The van der Waals surface area contributed by atoms with Gasteiger partial charge >= 0.3 is 6.61 Å². The van der Waals surface area contributed by atoms with Crippen molar-refractivity contribution in [1.82, 2.24) is 44.9 Å². The molecule has 0 saturated carbocycles. The van der Waals surface area contributed by atoms with Gasteiger partial charge < -0.3 is 19.1 Å². The van der Waals surface area contributed by atoms with Crippen molar-refractivity contribution in [2.45, 2.75) is 33.4 Å². The minimum atomic E-state index is -2.89. The van der Waals surface area contributed by atoms with Crippen LogP contribution in [0.1, 0.15) is 28.3 Å². The summed E-state index contributed by atoms with van der Waals surface area (Å²) in [5.41, 5.74) is 6.08. The number of nitrogens with one attached hydrogen (secondary N) is 1. The van der Waals surface area contributed by atoms with Crippen molar-refractivity contribution < 1.29 is 23.4 Å². The Hall–Kier alpha value is -5.05. The molecule has 5 aromatic rings. The molecule has 1 aliphatic rings. The molecule has 1 aromatic carbocycles. The first-order chi connectivity index (χ1) is 20.9. The Balaban J connectivity index is 0.00000118. The summed E-state index contributed by atoms with van der Waals surface area (Å²) in [7, 11) is 0. The summed E-state index contributed by atoms with van der Waals surface area (Å²) in [6.07, 6.45) is 6.11. The fourth-order valence-electron chi connectivity index (χ4n) is 5.09. The third-order valence-corrected chi connectivity index (χ3v) is 7.18. The Morgan fingerprint density at radius 2 is 1.84 bits per heavy atom. The number of nitrogens with zero attached hydrogens (tertiary/aromatic N) is 9. The van der Waals surface area contributed by atoms with Crippen LogP contribution in [0.3, 0.4) is 0 Å². The Morgan fingerprint density at radius 1 is 1.12 bits per heavy atom. The zero-order valence-electron chi connectivity index (χ0n) is 23.6. The summed E-state index contributed by atoms with van der Waals surface area (Å²) >= 11 is 0. The topological polar surface area (TPSA) is 151 Å². The number of pyridine rings is 1. The number of tetrazole rings is 1.